The topological polar surface area (TPSA) is 70.4 Å². The van der Waals surface area contributed by atoms with E-state index < -0.39 is 23.5 Å². The van der Waals surface area contributed by atoms with Crippen LogP contribution in [0.3, 0.4) is 0 Å². The zero-order valence-corrected chi connectivity index (χ0v) is 12.4. The van der Waals surface area contributed by atoms with Gasteiger partial charge in [-0.2, -0.15) is 13.2 Å². The highest BCUT2D eigenvalue weighted by Crippen LogP contribution is 2.29. The van der Waals surface area contributed by atoms with Gasteiger partial charge in [0.05, 0.1) is 11.3 Å². The average Bonchev–Trinajstić information content (AvgIpc) is 2.53. The number of pyridine rings is 1. The Hall–Kier alpha value is -2.83. The van der Waals surface area contributed by atoms with Crippen molar-refractivity contribution in [2.45, 2.75) is 19.0 Å². The number of hydrogen-bond donors (Lipinski definition) is 2. The second-order valence-electron chi connectivity index (χ2n) is 5.12. The number of aryl methyl sites for hydroxylation is 2. The molecule has 1 aromatic heterocycles. The highest BCUT2D eigenvalue weighted by molar-refractivity contribution is 5.88. The molecule has 2 N–H and O–H groups in total. The molecule has 1 heterocycles. The standard InChI is InChI=1S/C17H14F3NO3/c18-17(19,20)13-6-3-11(4-7-13)1-2-12-5-8-14(21-10-12)9-15(22)16(23)24/h3-10,22H,1-2H2,(H,23,24)/b15-9-. The fourth-order valence-corrected chi connectivity index (χ4v) is 2.02. The maximum absolute atomic E-state index is 12.5. The molecule has 0 saturated heterocycles. The third kappa shape index (κ3) is 4.84. The quantitative estimate of drug-likeness (QED) is 0.642. The lowest BCUT2D eigenvalue weighted by molar-refractivity contribution is -0.137. The monoisotopic (exact) mass is 337 g/mol. The first-order chi connectivity index (χ1) is 11.3. The van der Waals surface area contributed by atoms with Crippen molar-refractivity contribution >= 4 is 12.0 Å². The molecule has 0 aliphatic carbocycles. The molecule has 2 aromatic rings. The van der Waals surface area contributed by atoms with E-state index in [1.807, 2.05) is 0 Å². The summed E-state index contributed by atoms with van der Waals surface area (Å²) in [5, 5.41) is 17.7. The summed E-state index contributed by atoms with van der Waals surface area (Å²) >= 11 is 0. The van der Waals surface area contributed by atoms with Crippen molar-refractivity contribution in [3.63, 3.8) is 0 Å². The molecule has 0 aliphatic rings. The molecule has 0 saturated carbocycles. The molecule has 0 radical (unpaired) electrons. The van der Waals surface area contributed by atoms with Crippen molar-refractivity contribution in [1.29, 1.82) is 0 Å². The predicted octanol–water partition coefficient (Wildman–Crippen LogP) is 3.87. The number of alkyl halides is 3. The number of aliphatic hydroxyl groups excluding tert-OH is 1. The number of halogens is 3. The minimum absolute atomic E-state index is 0.299. The van der Waals surface area contributed by atoms with Gasteiger partial charge in [0.15, 0.2) is 0 Å². The van der Waals surface area contributed by atoms with Crippen molar-refractivity contribution in [3.05, 3.63) is 70.7 Å². The molecule has 7 heteroatoms. The lowest BCUT2D eigenvalue weighted by Gasteiger charge is -2.07. The fourth-order valence-electron chi connectivity index (χ4n) is 2.02. The van der Waals surface area contributed by atoms with E-state index in [1.165, 1.54) is 18.3 Å². The molecule has 24 heavy (non-hydrogen) atoms. The van der Waals surface area contributed by atoms with E-state index in [-0.39, 0.29) is 0 Å². The Bertz CT molecular complexity index is 735. The Morgan fingerprint density at radius 3 is 2.08 bits per heavy atom. The van der Waals surface area contributed by atoms with Crippen molar-refractivity contribution < 1.29 is 28.2 Å². The van der Waals surface area contributed by atoms with Crippen LogP contribution in [-0.4, -0.2) is 21.2 Å². The van der Waals surface area contributed by atoms with Gasteiger partial charge in [-0.15, -0.1) is 0 Å². The van der Waals surface area contributed by atoms with Crippen LogP contribution in [0.2, 0.25) is 0 Å². The number of hydrogen-bond acceptors (Lipinski definition) is 3. The SMILES string of the molecule is O=C(O)/C(O)=C/c1ccc(CCc2ccc(C(F)(F)F)cc2)cn1. The molecule has 0 aliphatic heterocycles. The molecule has 0 atom stereocenters. The Balaban J connectivity index is 1.97. The van der Waals surface area contributed by atoms with Crippen LogP contribution < -0.4 is 0 Å². The number of aliphatic carboxylic acids is 1. The van der Waals surface area contributed by atoms with Gasteiger partial charge in [-0.3, -0.25) is 4.98 Å². The second-order valence-corrected chi connectivity index (χ2v) is 5.12. The van der Waals surface area contributed by atoms with Crippen molar-refractivity contribution in [2.24, 2.45) is 0 Å². The second kappa shape index (κ2) is 7.16. The van der Waals surface area contributed by atoms with Gasteiger partial charge in [-0.25, -0.2) is 4.79 Å². The highest BCUT2D eigenvalue weighted by Gasteiger charge is 2.29. The highest BCUT2D eigenvalue weighted by atomic mass is 19.4. The fraction of sp³-hybridized carbons (Fsp3) is 0.176. The molecule has 4 nitrogen and oxygen atoms in total. The zero-order valence-electron chi connectivity index (χ0n) is 12.4. The van der Waals surface area contributed by atoms with Gasteiger partial charge in [0.1, 0.15) is 0 Å². The lowest BCUT2D eigenvalue weighted by Crippen LogP contribution is -2.04. The first-order valence-corrected chi connectivity index (χ1v) is 7.01. The van der Waals surface area contributed by atoms with Crippen LogP contribution in [0, 0.1) is 0 Å². The molecule has 0 bridgehead atoms. The van der Waals surface area contributed by atoms with Crippen LogP contribution in [-0.2, 0) is 23.8 Å². The summed E-state index contributed by atoms with van der Waals surface area (Å²) in [6.45, 7) is 0. The minimum Gasteiger partial charge on any atom is -0.502 e. The van der Waals surface area contributed by atoms with E-state index in [0.29, 0.717) is 18.5 Å². The largest absolute Gasteiger partial charge is 0.502 e. The van der Waals surface area contributed by atoms with E-state index in [4.69, 9.17) is 10.2 Å². The zero-order chi connectivity index (χ0) is 17.7. The number of aliphatic hydroxyl groups is 1. The van der Waals surface area contributed by atoms with Crippen molar-refractivity contribution in [3.8, 4) is 0 Å². The molecule has 126 valence electrons. The molecule has 2 rings (SSSR count). The number of nitrogens with zero attached hydrogens (tertiary/aromatic N) is 1. The summed E-state index contributed by atoms with van der Waals surface area (Å²) < 4.78 is 37.4. The Morgan fingerprint density at radius 2 is 1.58 bits per heavy atom. The molecular formula is C17H14F3NO3. The third-order valence-electron chi connectivity index (χ3n) is 3.33. The average molecular weight is 337 g/mol. The van der Waals surface area contributed by atoms with Crippen LogP contribution in [0.5, 0.6) is 0 Å². The number of benzene rings is 1. The molecule has 0 amide bonds. The first kappa shape index (κ1) is 17.5. The normalized spacial score (nSPS) is 12.2. The van der Waals surface area contributed by atoms with E-state index in [1.54, 1.807) is 12.1 Å². The van der Waals surface area contributed by atoms with Gasteiger partial charge in [0, 0.05) is 12.3 Å². The van der Waals surface area contributed by atoms with Gasteiger partial charge < -0.3 is 10.2 Å². The summed E-state index contributed by atoms with van der Waals surface area (Å²) in [5.74, 6) is -2.25. The summed E-state index contributed by atoms with van der Waals surface area (Å²) in [6.07, 6.45) is -0.650. The predicted molar refractivity (Wildman–Crippen MR) is 81.3 cm³/mol. The Kier molecular flexibility index (Phi) is 5.23. The molecule has 0 unspecified atom stereocenters. The maximum atomic E-state index is 12.5. The number of carbonyl (C=O) groups is 1. The van der Waals surface area contributed by atoms with E-state index >= 15 is 0 Å². The lowest BCUT2D eigenvalue weighted by atomic mass is 10.0. The van der Waals surface area contributed by atoms with E-state index in [2.05, 4.69) is 4.98 Å². The van der Waals surface area contributed by atoms with E-state index in [9.17, 15) is 18.0 Å². The molecule has 0 fully saturated rings. The first-order valence-electron chi connectivity index (χ1n) is 7.01. The van der Waals surface area contributed by atoms with Gasteiger partial charge in [-0.05, 0) is 42.2 Å². The summed E-state index contributed by atoms with van der Waals surface area (Å²) in [6, 6.07) is 8.27. The summed E-state index contributed by atoms with van der Waals surface area (Å²) in [7, 11) is 0. The van der Waals surface area contributed by atoms with Gasteiger partial charge >= 0.3 is 12.1 Å². The molecule has 1 aromatic carbocycles. The number of carboxylic acid groups (broad SMARTS) is 1. The van der Waals surface area contributed by atoms with Crippen LogP contribution in [0.15, 0.2) is 48.4 Å². The minimum atomic E-state index is -4.34. The number of carboxylic acids is 1. The maximum Gasteiger partial charge on any atom is 0.416 e. The van der Waals surface area contributed by atoms with Crippen LogP contribution in [0.1, 0.15) is 22.4 Å². The molecule has 0 spiro atoms. The number of rotatable bonds is 5. The van der Waals surface area contributed by atoms with Crippen LogP contribution >= 0.6 is 0 Å². The Labute approximate surface area is 135 Å². The van der Waals surface area contributed by atoms with Gasteiger partial charge in [0.2, 0.25) is 5.76 Å². The van der Waals surface area contributed by atoms with Gasteiger partial charge in [0.25, 0.3) is 0 Å². The van der Waals surface area contributed by atoms with Crippen molar-refractivity contribution in [2.75, 3.05) is 0 Å². The molecular weight excluding hydrogens is 323 g/mol. The summed E-state index contributed by atoms with van der Waals surface area (Å²) in [4.78, 5) is 14.5. The summed E-state index contributed by atoms with van der Waals surface area (Å²) in [5.41, 5.74) is 1.24. The Morgan fingerprint density at radius 1 is 1.00 bits per heavy atom. The third-order valence-corrected chi connectivity index (χ3v) is 3.33. The van der Waals surface area contributed by atoms with Crippen molar-refractivity contribution in [1.82, 2.24) is 4.98 Å². The van der Waals surface area contributed by atoms with Crippen LogP contribution in [0.4, 0.5) is 13.2 Å². The van der Waals surface area contributed by atoms with Crippen LogP contribution in [0.25, 0.3) is 6.08 Å². The van der Waals surface area contributed by atoms with Gasteiger partial charge in [-0.1, -0.05) is 18.2 Å². The number of aromatic nitrogens is 1. The van der Waals surface area contributed by atoms with E-state index in [0.717, 1.165) is 29.3 Å². The smallest absolute Gasteiger partial charge is 0.416 e.